The van der Waals surface area contributed by atoms with Gasteiger partial charge in [-0.25, -0.2) is 0 Å². The molecule has 1 fully saturated rings. The highest BCUT2D eigenvalue weighted by Gasteiger charge is 2.48. The number of aryl methyl sites for hydroxylation is 2. The molecule has 0 spiro atoms. The molecule has 2 rings (SSSR count). The largest absolute Gasteiger partial charge is 0.481 e. The van der Waals surface area contributed by atoms with Gasteiger partial charge in [-0.05, 0) is 24.8 Å². The van der Waals surface area contributed by atoms with Crippen LogP contribution in [-0.4, -0.2) is 33.3 Å². The number of amides is 1. The van der Waals surface area contributed by atoms with Gasteiger partial charge >= 0.3 is 5.97 Å². The van der Waals surface area contributed by atoms with Gasteiger partial charge in [-0.15, -0.1) is 0 Å². The molecule has 2 N–H and O–H groups in total. The van der Waals surface area contributed by atoms with Crippen LogP contribution in [0.2, 0.25) is 0 Å². The standard InChI is InChI=1S/C12H17N3O3/c1-15-7-8(6-14-15)3-2-4-13-11(16)9-5-10(9)12(17)18/h6-7,9-10H,2-5H2,1H3,(H,13,16)(H,17,18)/t9-,10-/m0/s1. The Kier molecular flexibility index (Phi) is 3.64. The topological polar surface area (TPSA) is 84.2 Å². The fourth-order valence-electron chi connectivity index (χ4n) is 1.99. The first-order valence-electron chi connectivity index (χ1n) is 6.06. The molecule has 0 radical (unpaired) electrons. The van der Waals surface area contributed by atoms with Crippen LogP contribution in [0, 0.1) is 11.8 Å². The van der Waals surface area contributed by atoms with Crippen molar-refractivity contribution < 1.29 is 14.7 Å². The quantitative estimate of drug-likeness (QED) is 0.707. The molecule has 18 heavy (non-hydrogen) atoms. The number of nitrogens with zero attached hydrogens (tertiary/aromatic N) is 2. The lowest BCUT2D eigenvalue weighted by Crippen LogP contribution is -2.27. The normalized spacial score (nSPS) is 21.6. The predicted octanol–water partition coefficient (Wildman–Crippen LogP) is 0.190. The van der Waals surface area contributed by atoms with Crippen LogP contribution in [-0.2, 0) is 23.1 Å². The Bertz CT molecular complexity index is 455. The maximum absolute atomic E-state index is 11.5. The van der Waals surface area contributed by atoms with Gasteiger partial charge in [-0.1, -0.05) is 0 Å². The van der Waals surface area contributed by atoms with Crippen LogP contribution in [0.4, 0.5) is 0 Å². The summed E-state index contributed by atoms with van der Waals surface area (Å²) in [5.41, 5.74) is 1.14. The average molecular weight is 251 g/mol. The molecule has 1 saturated carbocycles. The molecule has 6 heteroatoms. The highest BCUT2D eigenvalue weighted by Crippen LogP contribution is 2.38. The third-order valence-corrected chi connectivity index (χ3v) is 3.14. The van der Waals surface area contributed by atoms with Crippen molar-refractivity contribution in [3.8, 4) is 0 Å². The SMILES string of the molecule is Cn1cc(CCCNC(=O)[C@H]2C[C@@H]2C(=O)O)cn1. The number of rotatable bonds is 6. The molecule has 1 aliphatic rings. The van der Waals surface area contributed by atoms with Gasteiger partial charge in [0.25, 0.3) is 0 Å². The van der Waals surface area contributed by atoms with Crippen LogP contribution >= 0.6 is 0 Å². The van der Waals surface area contributed by atoms with Crippen LogP contribution in [0.25, 0.3) is 0 Å². The Morgan fingerprint density at radius 2 is 2.33 bits per heavy atom. The number of hydrogen-bond donors (Lipinski definition) is 2. The van der Waals surface area contributed by atoms with Gasteiger partial charge < -0.3 is 10.4 Å². The molecule has 0 bridgehead atoms. The number of carboxylic acids is 1. The lowest BCUT2D eigenvalue weighted by atomic mass is 10.2. The van der Waals surface area contributed by atoms with Crippen LogP contribution in [0.1, 0.15) is 18.4 Å². The summed E-state index contributed by atoms with van der Waals surface area (Å²) in [5, 5.41) is 15.5. The van der Waals surface area contributed by atoms with Crippen molar-refractivity contribution in [3.63, 3.8) is 0 Å². The van der Waals surface area contributed by atoms with Crippen molar-refractivity contribution in [2.45, 2.75) is 19.3 Å². The van der Waals surface area contributed by atoms with E-state index in [1.54, 1.807) is 4.68 Å². The summed E-state index contributed by atoms with van der Waals surface area (Å²) >= 11 is 0. The number of carbonyl (C=O) groups excluding carboxylic acids is 1. The summed E-state index contributed by atoms with van der Waals surface area (Å²) < 4.78 is 1.75. The number of aromatic nitrogens is 2. The molecule has 1 amide bonds. The Morgan fingerprint density at radius 1 is 1.56 bits per heavy atom. The molecular weight excluding hydrogens is 234 g/mol. The zero-order valence-electron chi connectivity index (χ0n) is 10.3. The Hall–Kier alpha value is -1.85. The minimum atomic E-state index is -0.870. The van der Waals surface area contributed by atoms with Gasteiger partial charge in [0, 0.05) is 19.8 Å². The first kappa shape index (κ1) is 12.6. The first-order valence-corrected chi connectivity index (χ1v) is 6.06. The number of nitrogens with one attached hydrogen (secondary N) is 1. The van der Waals surface area contributed by atoms with E-state index in [1.807, 2.05) is 19.4 Å². The Balaban J connectivity index is 1.61. The molecule has 1 heterocycles. The van der Waals surface area contributed by atoms with Crippen molar-refractivity contribution in [3.05, 3.63) is 18.0 Å². The van der Waals surface area contributed by atoms with E-state index in [0.29, 0.717) is 13.0 Å². The summed E-state index contributed by atoms with van der Waals surface area (Å²) in [4.78, 5) is 22.1. The van der Waals surface area contributed by atoms with E-state index in [1.165, 1.54) is 0 Å². The second-order valence-corrected chi connectivity index (χ2v) is 4.70. The molecule has 1 aliphatic carbocycles. The zero-order valence-corrected chi connectivity index (χ0v) is 10.3. The molecule has 1 aromatic rings. The fourth-order valence-corrected chi connectivity index (χ4v) is 1.99. The monoisotopic (exact) mass is 251 g/mol. The minimum absolute atomic E-state index is 0.131. The summed E-state index contributed by atoms with van der Waals surface area (Å²) in [6.07, 6.45) is 5.93. The van der Waals surface area contributed by atoms with Crippen LogP contribution in [0.3, 0.4) is 0 Å². The van der Waals surface area contributed by atoms with Crippen LogP contribution in [0.15, 0.2) is 12.4 Å². The van der Waals surface area contributed by atoms with Gasteiger partial charge in [-0.3, -0.25) is 14.3 Å². The van der Waals surface area contributed by atoms with Crippen molar-refractivity contribution in [2.24, 2.45) is 18.9 Å². The lowest BCUT2D eigenvalue weighted by molar-refractivity contribution is -0.140. The van der Waals surface area contributed by atoms with Gasteiger partial charge in [0.2, 0.25) is 5.91 Å². The lowest BCUT2D eigenvalue weighted by Gasteiger charge is -2.03. The van der Waals surface area contributed by atoms with E-state index in [9.17, 15) is 9.59 Å². The fraction of sp³-hybridized carbons (Fsp3) is 0.583. The van der Waals surface area contributed by atoms with E-state index in [0.717, 1.165) is 18.4 Å². The van der Waals surface area contributed by atoms with E-state index < -0.39 is 11.9 Å². The summed E-state index contributed by atoms with van der Waals surface area (Å²) in [6.45, 7) is 0.580. The van der Waals surface area contributed by atoms with Crippen molar-refractivity contribution >= 4 is 11.9 Å². The number of hydrogen-bond acceptors (Lipinski definition) is 3. The molecule has 6 nitrogen and oxygen atoms in total. The van der Waals surface area contributed by atoms with Crippen LogP contribution < -0.4 is 5.32 Å². The maximum atomic E-state index is 11.5. The smallest absolute Gasteiger partial charge is 0.307 e. The van der Waals surface area contributed by atoms with Crippen molar-refractivity contribution in [1.82, 2.24) is 15.1 Å². The van der Waals surface area contributed by atoms with E-state index in [4.69, 9.17) is 5.11 Å². The molecule has 0 aliphatic heterocycles. The minimum Gasteiger partial charge on any atom is -0.481 e. The highest BCUT2D eigenvalue weighted by atomic mass is 16.4. The molecular formula is C12H17N3O3. The summed E-state index contributed by atoms with van der Waals surface area (Å²) in [6, 6.07) is 0. The van der Waals surface area contributed by atoms with Gasteiger partial charge in [0.15, 0.2) is 0 Å². The molecule has 0 unspecified atom stereocenters. The van der Waals surface area contributed by atoms with E-state index >= 15 is 0 Å². The van der Waals surface area contributed by atoms with Gasteiger partial charge in [0.1, 0.15) is 0 Å². The van der Waals surface area contributed by atoms with E-state index in [2.05, 4.69) is 10.4 Å². The maximum Gasteiger partial charge on any atom is 0.307 e. The van der Waals surface area contributed by atoms with Crippen molar-refractivity contribution in [1.29, 1.82) is 0 Å². The second-order valence-electron chi connectivity index (χ2n) is 4.70. The highest BCUT2D eigenvalue weighted by molar-refractivity contribution is 5.89. The van der Waals surface area contributed by atoms with Crippen LogP contribution in [0.5, 0.6) is 0 Å². The number of aliphatic carboxylic acids is 1. The Morgan fingerprint density at radius 3 is 2.89 bits per heavy atom. The molecule has 1 aromatic heterocycles. The summed E-state index contributed by atoms with van der Waals surface area (Å²) in [7, 11) is 1.87. The second kappa shape index (κ2) is 5.20. The number of carboxylic acid groups (broad SMARTS) is 1. The third-order valence-electron chi connectivity index (χ3n) is 3.14. The molecule has 2 atom stereocenters. The average Bonchev–Trinajstić information content (AvgIpc) is 3.03. The van der Waals surface area contributed by atoms with Gasteiger partial charge in [-0.2, -0.15) is 5.10 Å². The van der Waals surface area contributed by atoms with Gasteiger partial charge in [0.05, 0.1) is 18.0 Å². The van der Waals surface area contributed by atoms with E-state index in [-0.39, 0.29) is 11.8 Å². The predicted molar refractivity (Wildman–Crippen MR) is 63.8 cm³/mol. The van der Waals surface area contributed by atoms with Crippen molar-refractivity contribution in [2.75, 3.05) is 6.54 Å². The number of carbonyl (C=O) groups is 2. The molecule has 98 valence electrons. The first-order chi connectivity index (χ1) is 8.58. The summed E-state index contributed by atoms with van der Waals surface area (Å²) in [5.74, 6) is -1.79. The third kappa shape index (κ3) is 3.09. The zero-order chi connectivity index (χ0) is 13.1. The molecule has 0 saturated heterocycles. The molecule has 0 aromatic carbocycles. The Labute approximate surface area is 105 Å².